The van der Waals surface area contributed by atoms with E-state index in [1.807, 2.05) is 6.07 Å². The van der Waals surface area contributed by atoms with E-state index in [2.05, 4.69) is 67.8 Å². The summed E-state index contributed by atoms with van der Waals surface area (Å²) >= 11 is 6.45. The van der Waals surface area contributed by atoms with Gasteiger partial charge in [0, 0.05) is 34.6 Å². The van der Waals surface area contributed by atoms with Crippen LogP contribution < -0.4 is 39.4 Å². The van der Waals surface area contributed by atoms with Gasteiger partial charge in [-0.05, 0) is 79.9 Å². The van der Waals surface area contributed by atoms with Crippen LogP contribution in [-0.4, -0.2) is 43.1 Å². The molecule has 148 valence electrons. The Bertz CT molecular complexity index is 919. The van der Waals surface area contributed by atoms with Crippen LogP contribution in [0.3, 0.4) is 0 Å². The molecule has 0 aromatic heterocycles. The molecule has 10 heteroatoms. The fourth-order valence-corrected chi connectivity index (χ4v) is 6.85. The predicted molar refractivity (Wildman–Crippen MR) is 127 cm³/mol. The maximum Gasteiger partial charge on any atom is 1.00 e. The molecule has 0 aliphatic carbocycles. The van der Waals surface area contributed by atoms with Crippen molar-refractivity contribution in [2.45, 2.75) is 6.42 Å². The molecule has 6 nitrogen and oxygen atoms in total. The molecule has 1 aliphatic rings. The number of rotatable bonds is 5. The first-order valence-electron chi connectivity index (χ1n) is 8.38. The van der Waals surface area contributed by atoms with Gasteiger partial charge < -0.3 is 24.3 Å². The standard InChI is InChI=1S/C19H16I3NO5.Na/c20-12-10-13(21)18(28-14-4-2-1-3-11(14)9-15(24)25)17(22)16(12)19(26)23-5-7-27-8-6-23;/h1-4,10H,5-9H2,(H,24,25);/q;+1/p-1. The molecule has 0 N–H and O–H groups in total. The fourth-order valence-electron chi connectivity index (χ4n) is 2.80. The number of hydrogen-bond acceptors (Lipinski definition) is 5. The minimum atomic E-state index is -1.17. The largest absolute Gasteiger partial charge is 1.00 e. The predicted octanol–water partition coefficient (Wildman–Crippen LogP) is 0.0615. The molecule has 1 saturated heterocycles. The number of carbonyl (C=O) groups is 2. The number of ether oxygens (including phenoxy) is 2. The van der Waals surface area contributed by atoms with Crippen LogP contribution in [0.4, 0.5) is 0 Å². The van der Waals surface area contributed by atoms with Crippen LogP contribution in [0.15, 0.2) is 30.3 Å². The molecule has 0 spiro atoms. The first kappa shape index (κ1) is 25.6. The van der Waals surface area contributed by atoms with Crippen molar-refractivity contribution in [3.05, 3.63) is 52.2 Å². The van der Waals surface area contributed by atoms with E-state index in [0.29, 0.717) is 52.5 Å². The number of halogens is 3. The zero-order valence-electron chi connectivity index (χ0n) is 15.5. The fraction of sp³-hybridized carbons (Fsp3) is 0.263. The van der Waals surface area contributed by atoms with Gasteiger partial charge in [0.05, 0.1) is 25.9 Å². The summed E-state index contributed by atoms with van der Waals surface area (Å²) in [5, 5.41) is 11.0. The Morgan fingerprint density at radius 2 is 1.76 bits per heavy atom. The molecule has 0 unspecified atom stereocenters. The van der Waals surface area contributed by atoms with Gasteiger partial charge in [-0.1, -0.05) is 18.2 Å². The first-order chi connectivity index (χ1) is 13.4. The van der Waals surface area contributed by atoms with E-state index in [1.165, 1.54) is 0 Å². The minimum Gasteiger partial charge on any atom is -0.550 e. The second-order valence-corrected chi connectivity index (χ2v) is 9.42. The first-order valence-corrected chi connectivity index (χ1v) is 11.6. The Kier molecular flexibility index (Phi) is 10.4. The second-order valence-electron chi connectivity index (χ2n) is 6.02. The molecule has 1 fully saturated rings. The van der Waals surface area contributed by atoms with Gasteiger partial charge in [-0.2, -0.15) is 0 Å². The summed E-state index contributed by atoms with van der Waals surface area (Å²) in [6, 6.07) is 8.83. The van der Waals surface area contributed by atoms with Crippen molar-refractivity contribution in [2.24, 2.45) is 0 Å². The van der Waals surface area contributed by atoms with E-state index in [-0.39, 0.29) is 41.9 Å². The number of benzene rings is 2. The summed E-state index contributed by atoms with van der Waals surface area (Å²) in [4.78, 5) is 25.9. The average Bonchev–Trinajstić information content (AvgIpc) is 2.66. The monoisotopic (exact) mass is 741 g/mol. The van der Waals surface area contributed by atoms with Gasteiger partial charge in [0.1, 0.15) is 5.75 Å². The summed E-state index contributed by atoms with van der Waals surface area (Å²) in [5.41, 5.74) is 1.12. The maximum atomic E-state index is 13.1. The molecule has 3 rings (SSSR count). The molecule has 0 radical (unpaired) electrons. The van der Waals surface area contributed by atoms with Crippen molar-refractivity contribution in [1.29, 1.82) is 0 Å². The van der Waals surface area contributed by atoms with Crippen molar-refractivity contribution in [1.82, 2.24) is 4.90 Å². The van der Waals surface area contributed by atoms with Crippen LogP contribution in [-0.2, 0) is 16.0 Å². The molecule has 0 bridgehead atoms. The summed E-state index contributed by atoms with van der Waals surface area (Å²) in [6.45, 7) is 2.18. The zero-order chi connectivity index (χ0) is 20.3. The number of hydrogen-bond donors (Lipinski definition) is 0. The third kappa shape index (κ3) is 6.42. The van der Waals surface area contributed by atoms with Crippen LogP contribution in [0, 0.1) is 10.7 Å². The van der Waals surface area contributed by atoms with E-state index in [0.717, 1.165) is 7.14 Å². The van der Waals surface area contributed by atoms with E-state index < -0.39 is 5.97 Å². The van der Waals surface area contributed by atoms with Gasteiger partial charge in [-0.15, -0.1) is 0 Å². The Morgan fingerprint density at radius 3 is 2.41 bits per heavy atom. The van der Waals surface area contributed by atoms with Crippen LogP contribution in [0.2, 0.25) is 0 Å². The van der Waals surface area contributed by atoms with Crippen LogP contribution in [0.25, 0.3) is 0 Å². The second kappa shape index (κ2) is 11.8. The van der Waals surface area contributed by atoms with Gasteiger partial charge in [0.2, 0.25) is 0 Å². The molecule has 1 aliphatic heterocycles. The zero-order valence-corrected chi connectivity index (χ0v) is 24.0. The van der Waals surface area contributed by atoms with Crippen molar-refractivity contribution in [3.8, 4) is 11.5 Å². The molecule has 1 amide bonds. The summed E-state index contributed by atoms with van der Waals surface area (Å²) < 4.78 is 13.8. The Hall–Kier alpha value is 0.330. The van der Waals surface area contributed by atoms with Crippen LogP contribution in [0.1, 0.15) is 15.9 Å². The normalized spacial score (nSPS) is 13.6. The Balaban J connectivity index is 0.00000300. The molecular formula is C19H15I3NNaO5. The number of carboxylic acids is 1. The third-order valence-electron chi connectivity index (χ3n) is 4.16. The Morgan fingerprint density at radius 1 is 1.10 bits per heavy atom. The number of nitrogens with zero attached hydrogens (tertiary/aromatic N) is 1. The van der Waals surface area contributed by atoms with E-state index in [4.69, 9.17) is 9.47 Å². The van der Waals surface area contributed by atoms with Gasteiger partial charge >= 0.3 is 29.6 Å². The van der Waals surface area contributed by atoms with Crippen molar-refractivity contribution >= 4 is 79.6 Å². The van der Waals surface area contributed by atoms with Crippen molar-refractivity contribution < 1.29 is 53.7 Å². The van der Waals surface area contributed by atoms with Gasteiger partial charge in [0.15, 0.2) is 5.75 Å². The number of carboxylic acid groups (broad SMARTS) is 1. The van der Waals surface area contributed by atoms with Crippen molar-refractivity contribution in [3.63, 3.8) is 0 Å². The number of carbonyl (C=O) groups excluding carboxylic acids is 2. The Labute approximate surface area is 231 Å². The SMILES string of the molecule is O=C([O-])Cc1ccccc1Oc1c(I)cc(I)c(C(=O)N2CCOCC2)c1I.[Na+]. The summed E-state index contributed by atoms with van der Waals surface area (Å²) in [7, 11) is 0. The molecule has 2 aromatic carbocycles. The number of aliphatic carboxylic acids is 1. The number of amides is 1. The molecule has 1 heterocycles. The van der Waals surface area contributed by atoms with E-state index in [9.17, 15) is 14.7 Å². The van der Waals surface area contributed by atoms with Crippen molar-refractivity contribution in [2.75, 3.05) is 26.3 Å². The van der Waals surface area contributed by atoms with Crippen LogP contribution in [0.5, 0.6) is 11.5 Å². The van der Waals surface area contributed by atoms with E-state index >= 15 is 0 Å². The molecule has 0 saturated carbocycles. The summed E-state index contributed by atoms with van der Waals surface area (Å²) in [6.07, 6.45) is -0.243. The summed E-state index contributed by atoms with van der Waals surface area (Å²) in [5.74, 6) is -0.245. The van der Waals surface area contributed by atoms with Crippen LogP contribution >= 0.6 is 67.8 Å². The maximum absolute atomic E-state index is 13.1. The smallest absolute Gasteiger partial charge is 0.550 e. The topological polar surface area (TPSA) is 78.9 Å². The number of morpholine rings is 1. The van der Waals surface area contributed by atoms with Gasteiger partial charge in [0.25, 0.3) is 5.91 Å². The average molecular weight is 741 g/mol. The quantitative estimate of drug-likeness (QED) is 0.321. The molecule has 29 heavy (non-hydrogen) atoms. The van der Waals surface area contributed by atoms with E-state index in [1.54, 1.807) is 29.2 Å². The van der Waals surface area contributed by atoms with Gasteiger partial charge in [-0.25, -0.2) is 0 Å². The molecule has 0 atom stereocenters. The number of para-hydroxylation sites is 1. The minimum absolute atomic E-state index is 0. The third-order valence-corrected chi connectivity index (χ3v) is 6.84. The molecule has 2 aromatic rings. The van der Waals surface area contributed by atoms with Gasteiger partial charge in [-0.3, -0.25) is 4.79 Å². The molecular weight excluding hydrogens is 726 g/mol.